The van der Waals surface area contributed by atoms with E-state index in [0.29, 0.717) is 31.6 Å². The van der Waals surface area contributed by atoms with Crippen LogP contribution in [0.3, 0.4) is 0 Å². The SMILES string of the molecule is CN(c1ccnc(C(=O)N2CCC(C(N)=O)CC2)c1)S(=O)(=O)c1ccccc1. The number of benzene rings is 1. The highest BCUT2D eigenvalue weighted by atomic mass is 32.2. The lowest BCUT2D eigenvalue weighted by molar-refractivity contribution is -0.123. The second kappa shape index (κ2) is 7.97. The van der Waals surface area contributed by atoms with Crippen molar-refractivity contribution in [3.05, 3.63) is 54.4 Å². The normalized spacial score (nSPS) is 15.2. The zero-order chi connectivity index (χ0) is 20.3. The summed E-state index contributed by atoms with van der Waals surface area (Å²) in [5.41, 5.74) is 5.82. The summed E-state index contributed by atoms with van der Waals surface area (Å²) >= 11 is 0. The van der Waals surface area contributed by atoms with Gasteiger partial charge in [0.1, 0.15) is 5.69 Å². The van der Waals surface area contributed by atoms with Gasteiger partial charge in [-0.3, -0.25) is 18.9 Å². The Morgan fingerprint density at radius 3 is 2.39 bits per heavy atom. The fraction of sp³-hybridized carbons (Fsp3) is 0.316. The number of pyridine rings is 1. The fourth-order valence-corrected chi connectivity index (χ4v) is 4.36. The molecule has 0 bridgehead atoms. The highest BCUT2D eigenvalue weighted by molar-refractivity contribution is 7.92. The van der Waals surface area contributed by atoms with Gasteiger partial charge >= 0.3 is 0 Å². The van der Waals surface area contributed by atoms with E-state index in [1.807, 2.05) is 0 Å². The van der Waals surface area contributed by atoms with E-state index in [2.05, 4.69) is 4.98 Å². The number of hydrogen-bond donors (Lipinski definition) is 1. The molecule has 2 N–H and O–H groups in total. The number of nitrogens with two attached hydrogens (primary N) is 1. The van der Waals surface area contributed by atoms with Crippen molar-refractivity contribution in [2.75, 3.05) is 24.4 Å². The van der Waals surface area contributed by atoms with Crippen LogP contribution in [0.5, 0.6) is 0 Å². The van der Waals surface area contributed by atoms with E-state index in [-0.39, 0.29) is 28.3 Å². The summed E-state index contributed by atoms with van der Waals surface area (Å²) in [7, 11) is -2.31. The van der Waals surface area contributed by atoms with Gasteiger partial charge in [0.25, 0.3) is 15.9 Å². The highest BCUT2D eigenvalue weighted by Gasteiger charge is 2.28. The molecule has 1 aliphatic rings. The number of carbonyl (C=O) groups excluding carboxylic acids is 2. The quantitative estimate of drug-likeness (QED) is 0.808. The molecule has 0 spiro atoms. The number of aromatic nitrogens is 1. The number of amides is 2. The molecule has 2 amide bonds. The van der Waals surface area contributed by atoms with E-state index in [9.17, 15) is 18.0 Å². The second-order valence-electron chi connectivity index (χ2n) is 6.65. The standard InChI is InChI=1S/C19H22N4O4S/c1-22(28(26,27)16-5-3-2-4-6-16)15-7-10-21-17(13-15)19(25)23-11-8-14(9-12-23)18(20)24/h2-7,10,13-14H,8-9,11-12H2,1H3,(H2,20,24). The summed E-state index contributed by atoms with van der Waals surface area (Å²) in [4.78, 5) is 29.9. The van der Waals surface area contributed by atoms with Crippen LogP contribution in [0.1, 0.15) is 23.3 Å². The van der Waals surface area contributed by atoms with E-state index in [1.165, 1.54) is 37.5 Å². The number of hydrogen-bond acceptors (Lipinski definition) is 5. The van der Waals surface area contributed by atoms with E-state index in [0.717, 1.165) is 4.31 Å². The summed E-state index contributed by atoms with van der Waals surface area (Å²) < 4.78 is 26.7. The minimum atomic E-state index is -3.75. The van der Waals surface area contributed by atoms with Gasteiger partial charge in [-0.05, 0) is 37.1 Å². The molecule has 0 aliphatic carbocycles. The lowest BCUT2D eigenvalue weighted by Crippen LogP contribution is -2.42. The molecule has 1 aromatic heterocycles. The van der Waals surface area contributed by atoms with Crippen molar-refractivity contribution in [2.45, 2.75) is 17.7 Å². The molecule has 28 heavy (non-hydrogen) atoms. The molecular weight excluding hydrogens is 380 g/mol. The Hall–Kier alpha value is -2.94. The van der Waals surface area contributed by atoms with Gasteiger partial charge in [0.05, 0.1) is 10.6 Å². The molecule has 148 valence electrons. The van der Waals surface area contributed by atoms with Crippen LogP contribution < -0.4 is 10.0 Å². The van der Waals surface area contributed by atoms with Crippen LogP contribution in [0.2, 0.25) is 0 Å². The van der Waals surface area contributed by atoms with Crippen LogP contribution in [0, 0.1) is 5.92 Å². The molecule has 1 fully saturated rings. The summed E-state index contributed by atoms with van der Waals surface area (Å²) in [6, 6.07) is 11.1. The molecule has 2 heterocycles. The van der Waals surface area contributed by atoms with Gasteiger partial charge in [0.2, 0.25) is 5.91 Å². The number of sulfonamides is 1. The van der Waals surface area contributed by atoms with Gasteiger partial charge < -0.3 is 10.6 Å². The molecule has 1 aliphatic heterocycles. The zero-order valence-corrected chi connectivity index (χ0v) is 16.3. The molecule has 2 aromatic rings. The van der Waals surface area contributed by atoms with E-state index in [1.54, 1.807) is 23.1 Å². The smallest absolute Gasteiger partial charge is 0.272 e. The van der Waals surface area contributed by atoms with Gasteiger partial charge in [-0.2, -0.15) is 0 Å². The van der Waals surface area contributed by atoms with Gasteiger partial charge in [-0.15, -0.1) is 0 Å². The molecule has 0 radical (unpaired) electrons. The Kier molecular flexibility index (Phi) is 5.64. The molecule has 0 unspecified atom stereocenters. The van der Waals surface area contributed by atoms with Crippen molar-refractivity contribution in [1.29, 1.82) is 0 Å². The number of primary amides is 1. The predicted molar refractivity (Wildman–Crippen MR) is 104 cm³/mol. The molecule has 8 nitrogen and oxygen atoms in total. The molecule has 0 saturated carbocycles. The third kappa shape index (κ3) is 3.99. The number of carbonyl (C=O) groups is 2. The van der Waals surface area contributed by atoms with Crippen molar-refractivity contribution in [3.63, 3.8) is 0 Å². The van der Waals surface area contributed by atoms with Gasteiger partial charge in [-0.1, -0.05) is 18.2 Å². The number of nitrogens with zero attached hydrogens (tertiary/aromatic N) is 3. The minimum Gasteiger partial charge on any atom is -0.369 e. The third-order valence-corrected chi connectivity index (χ3v) is 6.71. The summed E-state index contributed by atoms with van der Waals surface area (Å²) in [5, 5.41) is 0. The van der Waals surface area contributed by atoms with Crippen LogP contribution in [-0.4, -0.2) is 50.3 Å². The summed E-state index contributed by atoms with van der Waals surface area (Å²) in [6.45, 7) is 0.826. The second-order valence-corrected chi connectivity index (χ2v) is 8.62. The lowest BCUT2D eigenvalue weighted by atomic mass is 9.96. The summed E-state index contributed by atoms with van der Waals surface area (Å²) in [6.07, 6.45) is 2.45. The Bertz CT molecular complexity index is 970. The highest BCUT2D eigenvalue weighted by Crippen LogP contribution is 2.23. The van der Waals surface area contributed by atoms with E-state index in [4.69, 9.17) is 5.73 Å². The number of anilines is 1. The minimum absolute atomic E-state index is 0.158. The first kappa shape index (κ1) is 19.8. The Morgan fingerprint density at radius 2 is 1.79 bits per heavy atom. The van der Waals surface area contributed by atoms with Crippen LogP contribution in [0.25, 0.3) is 0 Å². The number of likely N-dealkylation sites (tertiary alicyclic amines) is 1. The largest absolute Gasteiger partial charge is 0.369 e. The van der Waals surface area contributed by atoms with Gasteiger partial charge in [-0.25, -0.2) is 8.42 Å². The van der Waals surface area contributed by atoms with Crippen molar-refractivity contribution >= 4 is 27.5 Å². The van der Waals surface area contributed by atoms with Crippen molar-refractivity contribution in [1.82, 2.24) is 9.88 Å². The van der Waals surface area contributed by atoms with Crippen LogP contribution >= 0.6 is 0 Å². The average Bonchev–Trinajstić information content (AvgIpc) is 2.73. The first-order valence-corrected chi connectivity index (χ1v) is 10.3. The summed E-state index contributed by atoms with van der Waals surface area (Å²) in [5.74, 6) is -0.860. The lowest BCUT2D eigenvalue weighted by Gasteiger charge is -2.30. The Balaban J connectivity index is 1.79. The Labute approximate surface area is 164 Å². The van der Waals surface area contributed by atoms with E-state index >= 15 is 0 Å². The maximum absolute atomic E-state index is 12.8. The molecule has 1 saturated heterocycles. The Morgan fingerprint density at radius 1 is 1.14 bits per heavy atom. The third-order valence-electron chi connectivity index (χ3n) is 4.91. The van der Waals surface area contributed by atoms with E-state index < -0.39 is 10.0 Å². The predicted octanol–water partition coefficient (Wildman–Crippen LogP) is 1.24. The zero-order valence-electron chi connectivity index (χ0n) is 15.5. The topological polar surface area (TPSA) is 114 Å². The molecular formula is C19H22N4O4S. The number of rotatable bonds is 5. The molecule has 0 atom stereocenters. The average molecular weight is 402 g/mol. The number of piperidine rings is 1. The van der Waals surface area contributed by atoms with Gasteiger partial charge in [0, 0.05) is 32.3 Å². The maximum Gasteiger partial charge on any atom is 0.272 e. The first-order chi connectivity index (χ1) is 13.3. The first-order valence-electron chi connectivity index (χ1n) is 8.89. The van der Waals surface area contributed by atoms with Crippen LogP contribution in [-0.2, 0) is 14.8 Å². The fourth-order valence-electron chi connectivity index (χ4n) is 3.15. The molecule has 1 aromatic carbocycles. The van der Waals surface area contributed by atoms with Crippen LogP contribution in [0.4, 0.5) is 5.69 Å². The van der Waals surface area contributed by atoms with Crippen LogP contribution in [0.15, 0.2) is 53.6 Å². The monoisotopic (exact) mass is 402 g/mol. The van der Waals surface area contributed by atoms with Crippen molar-refractivity contribution < 1.29 is 18.0 Å². The maximum atomic E-state index is 12.8. The van der Waals surface area contributed by atoms with Crippen molar-refractivity contribution in [3.8, 4) is 0 Å². The molecule has 9 heteroatoms. The van der Waals surface area contributed by atoms with Crippen molar-refractivity contribution in [2.24, 2.45) is 11.7 Å². The van der Waals surface area contributed by atoms with Gasteiger partial charge in [0.15, 0.2) is 0 Å². The molecule has 3 rings (SSSR count).